The highest BCUT2D eigenvalue weighted by atomic mass is 35.5. The van der Waals surface area contributed by atoms with Gasteiger partial charge in [-0.05, 0) is 30.0 Å². The van der Waals surface area contributed by atoms with Crippen LogP contribution in [0.1, 0.15) is 5.56 Å². The maximum absolute atomic E-state index is 5.80. The molecule has 15 heavy (non-hydrogen) atoms. The van der Waals surface area contributed by atoms with Gasteiger partial charge in [0.15, 0.2) is 0 Å². The maximum atomic E-state index is 5.80. The van der Waals surface area contributed by atoms with Gasteiger partial charge in [-0.1, -0.05) is 36.0 Å². The van der Waals surface area contributed by atoms with E-state index in [0.717, 1.165) is 20.5 Å². The van der Waals surface area contributed by atoms with Crippen LogP contribution in [-0.2, 0) is 0 Å². The van der Waals surface area contributed by atoms with E-state index >= 15 is 0 Å². The molecule has 1 nitrogen and oxygen atoms in total. The Bertz CT molecular complexity index is 365. The summed E-state index contributed by atoms with van der Waals surface area (Å²) in [5.41, 5.74) is 1.01. The third-order valence-electron chi connectivity index (χ3n) is 1.86. The van der Waals surface area contributed by atoms with E-state index in [4.69, 9.17) is 23.8 Å². The lowest BCUT2D eigenvalue weighted by Crippen LogP contribution is -2.04. The van der Waals surface area contributed by atoms with Gasteiger partial charge in [0.1, 0.15) is 0 Å². The van der Waals surface area contributed by atoms with Crippen molar-refractivity contribution in [2.24, 2.45) is 0 Å². The van der Waals surface area contributed by atoms with E-state index in [1.807, 2.05) is 43.6 Å². The minimum absolute atomic E-state index is 0.726. The van der Waals surface area contributed by atoms with E-state index in [2.05, 4.69) is 5.32 Å². The Morgan fingerprint density at radius 1 is 1.40 bits per heavy atom. The number of halogens is 1. The first-order valence-corrected chi connectivity index (χ1v) is 6.42. The molecule has 0 amide bonds. The van der Waals surface area contributed by atoms with Crippen LogP contribution < -0.4 is 5.32 Å². The van der Waals surface area contributed by atoms with Gasteiger partial charge in [0, 0.05) is 16.9 Å². The highest BCUT2D eigenvalue weighted by Gasteiger charge is 1.99. The predicted molar refractivity (Wildman–Crippen MR) is 73.8 cm³/mol. The Balaban J connectivity index is 2.85. The minimum Gasteiger partial charge on any atom is -0.383 e. The van der Waals surface area contributed by atoms with Gasteiger partial charge in [-0.25, -0.2) is 0 Å². The lowest BCUT2D eigenvalue weighted by molar-refractivity contribution is 1.08. The maximum Gasteiger partial charge on any atom is 0.0690 e. The Kier molecular flexibility index (Phi) is 5.15. The highest BCUT2D eigenvalue weighted by molar-refractivity contribution is 8.02. The molecule has 0 unspecified atom stereocenters. The van der Waals surface area contributed by atoms with Crippen LogP contribution >= 0.6 is 35.6 Å². The summed E-state index contributed by atoms with van der Waals surface area (Å²) in [5, 5.41) is 4.85. The third-order valence-corrected chi connectivity index (χ3v) is 3.22. The Morgan fingerprint density at radius 2 is 2.00 bits per heavy atom. The number of allylic oxidation sites excluding steroid dienone is 1. The van der Waals surface area contributed by atoms with Crippen LogP contribution in [0.2, 0.25) is 5.02 Å². The van der Waals surface area contributed by atoms with Crippen LogP contribution in [0.4, 0.5) is 0 Å². The zero-order valence-electron chi connectivity index (χ0n) is 8.58. The molecule has 0 saturated carbocycles. The third kappa shape index (κ3) is 3.86. The number of benzene rings is 1. The Labute approximate surface area is 105 Å². The fourth-order valence-corrected chi connectivity index (χ4v) is 1.94. The van der Waals surface area contributed by atoms with Crippen molar-refractivity contribution < 1.29 is 0 Å². The van der Waals surface area contributed by atoms with Crippen LogP contribution in [0.5, 0.6) is 0 Å². The summed E-state index contributed by atoms with van der Waals surface area (Å²) in [7, 11) is 1.88. The molecular weight excluding hydrogens is 246 g/mol. The van der Waals surface area contributed by atoms with Gasteiger partial charge in [0.05, 0.1) is 5.03 Å². The summed E-state index contributed by atoms with van der Waals surface area (Å²) in [4.78, 5) is 0.811. The molecule has 1 N–H and O–H groups in total. The quantitative estimate of drug-likeness (QED) is 0.504. The fraction of sp³-hybridized carbons (Fsp3) is 0.182. The molecule has 4 heteroatoms. The van der Waals surface area contributed by atoms with Crippen molar-refractivity contribution in [3.8, 4) is 0 Å². The van der Waals surface area contributed by atoms with Gasteiger partial charge < -0.3 is 5.32 Å². The second kappa shape index (κ2) is 6.16. The number of rotatable bonds is 4. The number of thiocarbonyl (C=S) groups is 1. The van der Waals surface area contributed by atoms with Crippen molar-refractivity contribution in [1.82, 2.24) is 5.32 Å². The summed E-state index contributed by atoms with van der Waals surface area (Å²) in [6.45, 7) is 0. The molecule has 0 heterocycles. The number of nitrogens with one attached hydrogen (secondary N) is 1. The van der Waals surface area contributed by atoms with Crippen LogP contribution in [0, 0.1) is 0 Å². The molecule has 0 aliphatic carbocycles. The van der Waals surface area contributed by atoms with Gasteiger partial charge >= 0.3 is 0 Å². The van der Waals surface area contributed by atoms with E-state index < -0.39 is 0 Å². The molecule has 0 aliphatic heterocycles. The molecule has 0 aromatic heterocycles. The van der Waals surface area contributed by atoms with Crippen molar-refractivity contribution in [1.29, 1.82) is 0 Å². The van der Waals surface area contributed by atoms with Crippen molar-refractivity contribution in [3.63, 3.8) is 0 Å². The van der Waals surface area contributed by atoms with Gasteiger partial charge in [0.25, 0.3) is 0 Å². The van der Waals surface area contributed by atoms with Gasteiger partial charge in [-0.15, -0.1) is 11.8 Å². The second-order valence-corrected chi connectivity index (χ2v) is 4.56. The topological polar surface area (TPSA) is 12.0 Å². The Morgan fingerprint density at radius 3 is 2.47 bits per heavy atom. The Hall–Kier alpha value is -0.510. The van der Waals surface area contributed by atoms with Crippen LogP contribution in [-0.4, -0.2) is 18.2 Å². The van der Waals surface area contributed by atoms with E-state index in [-0.39, 0.29) is 0 Å². The average Bonchev–Trinajstić information content (AvgIpc) is 2.26. The number of hydrogen-bond acceptors (Lipinski definition) is 3. The van der Waals surface area contributed by atoms with Crippen molar-refractivity contribution in [3.05, 3.63) is 46.0 Å². The second-order valence-electron chi connectivity index (χ2n) is 2.83. The molecule has 1 aromatic carbocycles. The van der Waals surface area contributed by atoms with Crippen LogP contribution in [0.15, 0.2) is 35.4 Å². The molecule has 80 valence electrons. The molecule has 0 bridgehead atoms. The number of hydrogen-bond donors (Lipinski definition) is 1. The van der Waals surface area contributed by atoms with E-state index in [1.54, 1.807) is 11.8 Å². The highest BCUT2D eigenvalue weighted by Crippen LogP contribution is 2.13. The lowest BCUT2D eigenvalue weighted by atomic mass is 10.1. The standard InChI is InChI=1S/C11H12ClNS2/c1-13-11(15-2)7-10(14)8-3-5-9(12)6-4-8/h3-7,13H,1-2H3. The SMILES string of the molecule is CNC(=CC(=S)c1ccc(Cl)cc1)SC. The fourth-order valence-electron chi connectivity index (χ4n) is 1.05. The predicted octanol–water partition coefficient (Wildman–Crippen LogP) is 3.48. The van der Waals surface area contributed by atoms with Gasteiger partial charge in [0.2, 0.25) is 0 Å². The molecule has 0 radical (unpaired) electrons. The monoisotopic (exact) mass is 257 g/mol. The smallest absolute Gasteiger partial charge is 0.0690 e. The van der Waals surface area contributed by atoms with Crippen molar-refractivity contribution in [2.75, 3.05) is 13.3 Å². The molecule has 0 atom stereocenters. The summed E-state index contributed by atoms with van der Waals surface area (Å²) in [6.07, 6.45) is 3.95. The average molecular weight is 258 g/mol. The molecule has 0 aliphatic rings. The first kappa shape index (κ1) is 12.6. The molecule has 0 saturated heterocycles. The molecule has 1 aromatic rings. The van der Waals surface area contributed by atoms with E-state index in [0.29, 0.717) is 0 Å². The summed E-state index contributed by atoms with van der Waals surface area (Å²) >= 11 is 12.7. The number of thioether (sulfide) groups is 1. The largest absolute Gasteiger partial charge is 0.383 e. The first-order chi connectivity index (χ1) is 7.17. The zero-order valence-corrected chi connectivity index (χ0v) is 11.0. The molecule has 1 rings (SSSR count). The summed E-state index contributed by atoms with van der Waals surface area (Å²) in [6, 6.07) is 7.54. The minimum atomic E-state index is 0.726. The molecule has 0 spiro atoms. The summed E-state index contributed by atoms with van der Waals surface area (Å²) in [5.74, 6) is 0. The van der Waals surface area contributed by atoms with Crippen molar-refractivity contribution >= 4 is 40.4 Å². The molecular formula is C11H12ClNS2. The first-order valence-electron chi connectivity index (χ1n) is 4.40. The van der Waals surface area contributed by atoms with E-state index in [1.165, 1.54) is 0 Å². The van der Waals surface area contributed by atoms with E-state index in [9.17, 15) is 0 Å². The van der Waals surface area contributed by atoms with Crippen LogP contribution in [0.25, 0.3) is 0 Å². The zero-order chi connectivity index (χ0) is 11.3. The molecule has 0 fully saturated rings. The van der Waals surface area contributed by atoms with Gasteiger partial charge in [-0.3, -0.25) is 0 Å². The lowest BCUT2D eigenvalue weighted by Gasteiger charge is -2.04. The van der Waals surface area contributed by atoms with Gasteiger partial charge in [-0.2, -0.15) is 0 Å². The van der Waals surface area contributed by atoms with Crippen LogP contribution in [0.3, 0.4) is 0 Å². The normalized spacial score (nSPS) is 11.3. The van der Waals surface area contributed by atoms with Crippen molar-refractivity contribution in [2.45, 2.75) is 0 Å². The summed E-state index contributed by atoms with van der Waals surface area (Å²) < 4.78 is 0.